The van der Waals surface area contributed by atoms with Crippen LogP contribution in [0.5, 0.6) is 0 Å². The summed E-state index contributed by atoms with van der Waals surface area (Å²) in [5.41, 5.74) is 1.42. The molecule has 1 aliphatic carbocycles. The molecule has 154 valence electrons. The molecular formula is C21H31N3O3S. The molecule has 1 fully saturated rings. The molecule has 0 unspecified atom stereocenters. The zero-order valence-electron chi connectivity index (χ0n) is 17.1. The maximum Gasteiger partial charge on any atom is 0.268 e. The number of amides is 1. The first-order valence-electron chi connectivity index (χ1n) is 10.3. The van der Waals surface area contributed by atoms with Crippen molar-refractivity contribution in [1.29, 1.82) is 0 Å². The van der Waals surface area contributed by atoms with Gasteiger partial charge >= 0.3 is 0 Å². The van der Waals surface area contributed by atoms with E-state index in [1.807, 2.05) is 25.5 Å². The summed E-state index contributed by atoms with van der Waals surface area (Å²) in [6, 6.07) is 7.11. The number of hydrogen-bond donors (Lipinski definition) is 1. The Bertz CT molecular complexity index is 937. The van der Waals surface area contributed by atoms with Crippen molar-refractivity contribution in [1.82, 2.24) is 14.2 Å². The van der Waals surface area contributed by atoms with E-state index >= 15 is 0 Å². The first-order valence-corrected chi connectivity index (χ1v) is 11.7. The van der Waals surface area contributed by atoms with Crippen molar-refractivity contribution in [3.05, 3.63) is 30.0 Å². The van der Waals surface area contributed by atoms with Crippen LogP contribution in [0, 0.1) is 0 Å². The summed E-state index contributed by atoms with van der Waals surface area (Å²) >= 11 is 0. The van der Waals surface area contributed by atoms with Gasteiger partial charge in [0.2, 0.25) is 10.0 Å². The van der Waals surface area contributed by atoms with E-state index in [1.165, 1.54) is 17.1 Å². The van der Waals surface area contributed by atoms with Crippen molar-refractivity contribution in [2.75, 3.05) is 13.1 Å². The Balaban J connectivity index is 1.89. The van der Waals surface area contributed by atoms with Gasteiger partial charge in [0, 0.05) is 37.1 Å². The van der Waals surface area contributed by atoms with Gasteiger partial charge in [-0.15, -0.1) is 0 Å². The largest absolute Gasteiger partial charge is 0.348 e. The Morgan fingerprint density at radius 3 is 2.36 bits per heavy atom. The second-order valence-corrected chi connectivity index (χ2v) is 9.50. The quantitative estimate of drug-likeness (QED) is 0.746. The third kappa shape index (κ3) is 4.10. The van der Waals surface area contributed by atoms with Crippen LogP contribution in [0.25, 0.3) is 10.9 Å². The molecule has 2 aromatic rings. The van der Waals surface area contributed by atoms with Gasteiger partial charge in [-0.05, 0) is 37.1 Å². The highest BCUT2D eigenvalue weighted by Crippen LogP contribution is 2.25. The monoisotopic (exact) mass is 405 g/mol. The standard InChI is InChI=1S/C21H31N3O3S/c1-4-24(5-2)28(26,27)18-12-13-19-16(14-18)15-20(23(19)3)21(25)22-17-10-8-6-7-9-11-17/h12-15,17H,4-11H2,1-3H3,(H,22,25). The van der Waals surface area contributed by atoms with Crippen LogP contribution in [0.1, 0.15) is 62.9 Å². The van der Waals surface area contributed by atoms with Gasteiger partial charge in [-0.2, -0.15) is 4.31 Å². The minimum absolute atomic E-state index is 0.0845. The van der Waals surface area contributed by atoms with Gasteiger partial charge in [0.1, 0.15) is 5.69 Å². The van der Waals surface area contributed by atoms with Crippen molar-refractivity contribution in [3.8, 4) is 0 Å². The van der Waals surface area contributed by atoms with Crippen molar-refractivity contribution < 1.29 is 13.2 Å². The Hall–Kier alpha value is -1.86. The Morgan fingerprint density at radius 1 is 1.11 bits per heavy atom. The van der Waals surface area contributed by atoms with E-state index in [1.54, 1.807) is 24.3 Å². The van der Waals surface area contributed by atoms with Gasteiger partial charge in [-0.25, -0.2) is 8.42 Å². The van der Waals surface area contributed by atoms with Gasteiger partial charge in [-0.3, -0.25) is 4.79 Å². The fraction of sp³-hybridized carbons (Fsp3) is 0.571. The average Bonchev–Trinajstić information content (AvgIpc) is 2.83. The molecule has 3 rings (SSSR count). The van der Waals surface area contributed by atoms with E-state index in [2.05, 4.69) is 5.32 Å². The molecule has 1 aliphatic rings. The normalized spacial score (nSPS) is 16.4. The summed E-state index contributed by atoms with van der Waals surface area (Å²) in [5, 5.41) is 3.94. The highest BCUT2D eigenvalue weighted by atomic mass is 32.2. The predicted molar refractivity (Wildman–Crippen MR) is 112 cm³/mol. The third-order valence-corrected chi connectivity index (χ3v) is 7.83. The van der Waals surface area contributed by atoms with E-state index in [0.29, 0.717) is 18.8 Å². The van der Waals surface area contributed by atoms with Gasteiger partial charge in [-0.1, -0.05) is 39.5 Å². The third-order valence-electron chi connectivity index (χ3n) is 5.78. The lowest BCUT2D eigenvalue weighted by Gasteiger charge is -2.18. The summed E-state index contributed by atoms with van der Waals surface area (Å²) in [5.74, 6) is -0.0845. The molecule has 0 bridgehead atoms. The molecule has 0 radical (unpaired) electrons. The Kier molecular flexibility index (Phi) is 6.45. The second kappa shape index (κ2) is 8.66. The smallest absolute Gasteiger partial charge is 0.268 e. The summed E-state index contributed by atoms with van der Waals surface area (Å²) in [6.07, 6.45) is 6.86. The van der Waals surface area contributed by atoms with Gasteiger partial charge in [0.25, 0.3) is 5.91 Å². The van der Waals surface area contributed by atoms with Gasteiger partial charge < -0.3 is 9.88 Å². The molecule has 0 spiro atoms. The maximum absolute atomic E-state index is 12.8. The highest BCUT2D eigenvalue weighted by Gasteiger charge is 2.23. The summed E-state index contributed by atoms with van der Waals surface area (Å²) in [7, 11) is -1.67. The van der Waals surface area contributed by atoms with Crippen molar-refractivity contribution >= 4 is 26.8 Å². The maximum atomic E-state index is 12.8. The molecule has 1 aromatic carbocycles. The van der Waals surface area contributed by atoms with Crippen LogP contribution < -0.4 is 5.32 Å². The van der Waals surface area contributed by atoms with E-state index in [9.17, 15) is 13.2 Å². The number of aryl methyl sites for hydroxylation is 1. The van der Waals surface area contributed by atoms with Crippen LogP contribution in [0.2, 0.25) is 0 Å². The molecule has 0 aliphatic heterocycles. The molecule has 7 heteroatoms. The molecule has 1 N–H and O–H groups in total. The summed E-state index contributed by atoms with van der Waals surface area (Å²) in [4.78, 5) is 13.1. The first-order chi connectivity index (χ1) is 13.4. The minimum atomic E-state index is -3.52. The zero-order chi connectivity index (χ0) is 20.3. The highest BCUT2D eigenvalue weighted by molar-refractivity contribution is 7.89. The van der Waals surface area contributed by atoms with Gasteiger partial charge in [0.15, 0.2) is 0 Å². The van der Waals surface area contributed by atoms with Gasteiger partial charge in [0.05, 0.1) is 4.90 Å². The lowest BCUT2D eigenvalue weighted by Crippen LogP contribution is -2.35. The number of carbonyl (C=O) groups excluding carboxylic acids is 1. The number of carbonyl (C=O) groups is 1. The number of rotatable bonds is 6. The fourth-order valence-corrected chi connectivity index (χ4v) is 5.60. The van der Waals surface area contributed by atoms with Crippen molar-refractivity contribution in [3.63, 3.8) is 0 Å². The summed E-state index contributed by atoms with van der Waals surface area (Å²) in [6.45, 7) is 4.53. The van der Waals surface area contributed by atoms with Crippen molar-refractivity contribution in [2.45, 2.75) is 63.3 Å². The Labute approximate surface area is 168 Å². The molecule has 6 nitrogen and oxygen atoms in total. The molecule has 28 heavy (non-hydrogen) atoms. The number of benzene rings is 1. The number of nitrogens with one attached hydrogen (secondary N) is 1. The lowest BCUT2D eigenvalue weighted by molar-refractivity contribution is 0.0925. The molecule has 1 amide bonds. The molecule has 0 atom stereocenters. The molecule has 1 saturated carbocycles. The van der Waals surface area contributed by atoms with Crippen LogP contribution in [0.15, 0.2) is 29.2 Å². The number of fused-ring (bicyclic) bond motifs is 1. The van der Waals surface area contributed by atoms with Crippen LogP contribution >= 0.6 is 0 Å². The average molecular weight is 406 g/mol. The molecule has 1 heterocycles. The van der Waals surface area contributed by atoms with Crippen LogP contribution in [0.3, 0.4) is 0 Å². The van der Waals surface area contributed by atoms with Crippen LogP contribution in [-0.2, 0) is 17.1 Å². The topological polar surface area (TPSA) is 71.4 Å². The number of hydrogen-bond acceptors (Lipinski definition) is 3. The predicted octanol–water partition coefficient (Wildman–Crippen LogP) is 3.66. The zero-order valence-corrected chi connectivity index (χ0v) is 17.9. The van der Waals surface area contributed by atoms with E-state index in [4.69, 9.17) is 0 Å². The van der Waals surface area contributed by atoms with Crippen molar-refractivity contribution in [2.24, 2.45) is 7.05 Å². The number of sulfonamides is 1. The Morgan fingerprint density at radius 2 is 1.75 bits per heavy atom. The first kappa shape index (κ1) is 20.9. The summed E-state index contributed by atoms with van der Waals surface area (Å²) < 4.78 is 28.9. The number of aromatic nitrogens is 1. The SMILES string of the molecule is CCN(CC)S(=O)(=O)c1ccc2c(c1)cc(C(=O)NC1CCCCCC1)n2C. The van der Waals surface area contributed by atoms with Crippen LogP contribution in [-0.4, -0.2) is 42.3 Å². The lowest BCUT2D eigenvalue weighted by atomic mass is 10.1. The van der Waals surface area contributed by atoms with E-state index in [-0.39, 0.29) is 16.8 Å². The second-order valence-electron chi connectivity index (χ2n) is 7.56. The van der Waals surface area contributed by atoms with E-state index < -0.39 is 10.0 Å². The minimum Gasteiger partial charge on any atom is -0.348 e. The number of nitrogens with zero attached hydrogens (tertiary/aromatic N) is 2. The van der Waals surface area contributed by atoms with Crippen LogP contribution in [0.4, 0.5) is 0 Å². The molecule has 1 aromatic heterocycles. The molecule has 0 saturated heterocycles. The fourth-order valence-electron chi connectivity index (χ4n) is 4.10. The van der Waals surface area contributed by atoms with E-state index in [0.717, 1.165) is 36.6 Å². The molecular weight excluding hydrogens is 374 g/mol.